The quantitative estimate of drug-likeness (QED) is 0.595. The van der Waals surface area contributed by atoms with E-state index in [1.165, 1.54) is 4.90 Å². The van der Waals surface area contributed by atoms with Crippen LogP contribution in [0, 0.1) is 6.92 Å². The summed E-state index contributed by atoms with van der Waals surface area (Å²) >= 11 is 0. The molecular weight excluding hydrogens is 426 g/mol. The van der Waals surface area contributed by atoms with Crippen molar-refractivity contribution in [2.24, 2.45) is 0 Å². The Hall–Kier alpha value is -3.67. The lowest BCUT2D eigenvalue weighted by molar-refractivity contribution is -0.140. The highest BCUT2D eigenvalue weighted by Gasteiger charge is 2.34. The van der Waals surface area contributed by atoms with Gasteiger partial charge >= 0.3 is 0 Å². The van der Waals surface area contributed by atoms with E-state index in [1.807, 2.05) is 82.3 Å². The molecule has 3 aromatic carbocycles. The van der Waals surface area contributed by atoms with Crippen LogP contribution in [-0.2, 0) is 16.1 Å². The fraction of sp³-hybridized carbons (Fsp3) is 0.321. The third-order valence-electron chi connectivity index (χ3n) is 6.21. The Labute approximate surface area is 200 Å². The minimum atomic E-state index is -0.706. The zero-order valence-electron chi connectivity index (χ0n) is 20.4. The van der Waals surface area contributed by atoms with Gasteiger partial charge in [-0.05, 0) is 63.3 Å². The van der Waals surface area contributed by atoms with Gasteiger partial charge in [0.2, 0.25) is 11.8 Å². The predicted molar refractivity (Wildman–Crippen MR) is 135 cm³/mol. The first kappa shape index (κ1) is 23.5. The SMILES string of the molecule is Cc1ccccc1CN(C(=O)CN1C(=O)c2cccc3cccc1c23)[C@@H](C)C(=O)NC(C)(C)C. The van der Waals surface area contributed by atoms with Crippen LogP contribution in [0.15, 0.2) is 60.7 Å². The predicted octanol–water partition coefficient (Wildman–Crippen LogP) is 4.44. The van der Waals surface area contributed by atoms with Crippen LogP contribution in [0.3, 0.4) is 0 Å². The first-order chi connectivity index (χ1) is 16.1. The number of nitrogens with zero attached hydrogens (tertiary/aromatic N) is 2. The molecule has 1 atom stereocenters. The first-order valence-corrected chi connectivity index (χ1v) is 11.6. The minimum absolute atomic E-state index is 0.133. The van der Waals surface area contributed by atoms with E-state index in [4.69, 9.17) is 0 Å². The van der Waals surface area contributed by atoms with Crippen molar-refractivity contribution >= 4 is 34.2 Å². The summed E-state index contributed by atoms with van der Waals surface area (Å²) in [5.41, 5.74) is 2.91. The second-order valence-electron chi connectivity index (χ2n) is 9.94. The van der Waals surface area contributed by atoms with Crippen LogP contribution in [0.2, 0.25) is 0 Å². The third kappa shape index (κ3) is 4.53. The number of hydrogen-bond donors (Lipinski definition) is 1. The Bertz CT molecular complexity index is 1270. The molecule has 0 unspecified atom stereocenters. The van der Waals surface area contributed by atoms with Gasteiger partial charge < -0.3 is 10.2 Å². The summed E-state index contributed by atoms with van der Waals surface area (Å²) in [6.07, 6.45) is 0. The van der Waals surface area contributed by atoms with Crippen molar-refractivity contribution < 1.29 is 14.4 Å². The number of benzene rings is 3. The van der Waals surface area contributed by atoms with Gasteiger partial charge in [0.15, 0.2) is 0 Å². The van der Waals surface area contributed by atoms with Crippen molar-refractivity contribution in [3.05, 3.63) is 77.4 Å². The summed E-state index contributed by atoms with van der Waals surface area (Å²) in [5.74, 6) is -0.701. The Morgan fingerprint density at radius 2 is 1.68 bits per heavy atom. The monoisotopic (exact) mass is 457 g/mol. The van der Waals surface area contributed by atoms with Crippen LogP contribution >= 0.6 is 0 Å². The van der Waals surface area contributed by atoms with E-state index in [9.17, 15) is 14.4 Å². The molecule has 1 heterocycles. The van der Waals surface area contributed by atoms with Crippen LogP contribution in [-0.4, -0.2) is 40.7 Å². The van der Waals surface area contributed by atoms with Crippen LogP contribution in [0.1, 0.15) is 49.2 Å². The lowest BCUT2D eigenvalue weighted by Crippen LogP contribution is -2.54. The molecule has 0 aliphatic carbocycles. The van der Waals surface area contributed by atoms with Crippen molar-refractivity contribution in [1.29, 1.82) is 0 Å². The minimum Gasteiger partial charge on any atom is -0.350 e. The topological polar surface area (TPSA) is 69.7 Å². The summed E-state index contributed by atoms with van der Waals surface area (Å²) in [6.45, 7) is 9.59. The molecule has 1 N–H and O–H groups in total. The number of carbonyl (C=O) groups is 3. The second kappa shape index (κ2) is 8.93. The normalized spacial score (nSPS) is 13.8. The lowest BCUT2D eigenvalue weighted by Gasteiger charge is -2.33. The molecule has 0 bridgehead atoms. The fourth-order valence-electron chi connectivity index (χ4n) is 4.39. The van der Waals surface area contributed by atoms with Gasteiger partial charge in [0.25, 0.3) is 5.91 Å². The van der Waals surface area contributed by atoms with Crippen molar-refractivity contribution in [3.8, 4) is 0 Å². The molecule has 176 valence electrons. The molecule has 0 spiro atoms. The molecule has 0 saturated carbocycles. The molecule has 1 aliphatic heterocycles. The molecule has 0 aromatic heterocycles. The number of nitrogens with one attached hydrogen (secondary N) is 1. The van der Waals surface area contributed by atoms with E-state index in [-0.39, 0.29) is 30.8 Å². The van der Waals surface area contributed by atoms with Gasteiger partial charge in [-0.2, -0.15) is 0 Å². The molecule has 0 fully saturated rings. The Morgan fingerprint density at radius 3 is 2.35 bits per heavy atom. The highest BCUT2D eigenvalue weighted by molar-refractivity contribution is 6.26. The van der Waals surface area contributed by atoms with Crippen LogP contribution < -0.4 is 10.2 Å². The number of aryl methyl sites for hydroxylation is 1. The molecule has 34 heavy (non-hydrogen) atoms. The third-order valence-corrected chi connectivity index (χ3v) is 6.21. The molecule has 0 saturated heterocycles. The highest BCUT2D eigenvalue weighted by atomic mass is 16.2. The van der Waals surface area contributed by atoms with E-state index < -0.39 is 11.6 Å². The molecule has 0 radical (unpaired) electrons. The molecule has 6 heteroatoms. The van der Waals surface area contributed by atoms with Crippen molar-refractivity contribution in [2.45, 2.75) is 52.7 Å². The van der Waals surface area contributed by atoms with Gasteiger partial charge in [0, 0.05) is 23.0 Å². The molecule has 1 aliphatic rings. The van der Waals surface area contributed by atoms with Crippen molar-refractivity contribution in [1.82, 2.24) is 10.2 Å². The maximum atomic E-state index is 13.7. The Balaban J connectivity index is 1.64. The number of rotatable bonds is 6. The van der Waals surface area contributed by atoms with Gasteiger partial charge in [-0.1, -0.05) is 48.5 Å². The Kier molecular flexibility index (Phi) is 6.17. The van der Waals surface area contributed by atoms with E-state index in [0.29, 0.717) is 5.56 Å². The molecule has 3 aromatic rings. The van der Waals surface area contributed by atoms with Gasteiger partial charge in [-0.15, -0.1) is 0 Å². The van der Waals surface area contributed by atoms with Gasteiger partial charge in [0.05, 0.1) is 5.69 Å². The number of amides is 3. The first-order valence-electron chi connectivity index (χ1n) is 11.6. The zero-order valence-corrected chi connectivity index (χ0v) is 20.4. The lowest BCUT2D eigenvalue weighted by atomic mass is 10.1. The van der Waals surface area contributed by atoms with E-state index >= 15 is 0 Å². The van der Waals surface area contributed by atoms with Crippen molar-refractivity contribution in [3.63, 3.8) is 0 Å². The summed E-state index contributed by atoms with van der Waals surface area (Å²) in [4.78, 5) is 43.0. The fourth-order valence-corrected chi connectivity index (χ4v) is 4.39. The van der Waals surface area contributed by atoms with Crippen LogP contribution in [0.25, 0.3) is 10.8 Å². The highest BCUT2D eigenvalue weighted by Crippen LogP contribution is 2.37. The maximum Gasteiger partial charge on any atom is 0.259 e. The largest absolute Gasteiger partial charge is 0.350 e. The summed E-state index contributed by atoms with van der Waals surface area (Å²) in [5, 5.41) is 4.81. The van der Waals surface area contributed by atoms with E-state index in [2.05, 4.69) is 5.32 Å². The zero-order chi connectivity index (χ0) is 24.6. The maximum absolute atomic E-state index is 13.7. The van der Waals surface area contributed by atoms with E-state index in [0.717, 1.165) is 27.6 Å². The molecule has 4 rings (SSSR count). The molecular formula is C28H31N3O3. The van der Waals surface area contributed by atoms with Crippen molar-refractivity contribution in [2.75, 3.05) is 11.4 Å². The average Bonchev–Trinajstić information content (AvgIpc) is 3.05. The number of hydrogen-bond acceptors (Lipinski definition) is 3. The average molecular weight is 458 g/mol. The number of carbonyl (C=O) groups excluding carboxylic acids is 3. The summed E-state index contributed by atoms with van der Waals surface area (Å²) in [7, 11) is 0. The van der Waals surface area contributed by atoms with Gasteiger partial charge in [-0.25, -0.2) is 0 Å². The van der Waals surface area contributed by atoms with Crippen LogP contribution in [0.5, 0.6) is 0 Å². The summed E-state index contributed by atoms with van der Waals surface area (Å²) < 4.78 is 0. The van der Waals surface area contributed by atoms with Crippen LogP contribution in [0.4, 0.5) is 5.69 Å². The second-order valence-corrected chi connectivity index (χ2v) is 9.94. The number of anilines is 1. The van der Waals surface area contributed by atoms with Gasteiger partial charge in [-0.3, -0.25) is 19.3 Å². The molecule has 6 nitrogen and oxygen atoms in total. The smallest absolute Gasteiger partial charge is 0.259 e. The molecule has 3 amide bonds. The standard InChI is InChI=1S/C28H31N3O3/c1-18-10-6-7-11-21(18)16-30(19(2)26(33)29-28(3,4)5)24(32)17-31-23-15-9-13-20-12-8-14-22(25(20)23)27(31)34/h6-15,19H,16-17H2,1-5H3,(H,29,33)/t19-/m0/s1. The van der Waals surface area contributed by atoms with Gasteiger partial charge in [0.1, 0.15) is 12.6 Å². The van der Waals surface area contributed by atoms with E-state index in [1.54, 1.807) is 17.9 Å². The Morgan fingerprint density at radius 1 is 1.00 bits per heavy atom. The summed E-state index contributed by atoms with van der Waals surface area (Å²) in [6, 6.07) is 18.4.